The van der Waals surface area contributed by atoms with E-state index in [2.05, 4.69) is 10.6 Å². The monoisotopic (exact) mass is 364 g/mol. The van der Waals surface area contributed by atoms with Gasteiger partial charge in [0.1, 0.15) is 0 Å². The third-order valence-corrected chi connectivity index (χ3v) is 3.42. The molecule has 0 amide bonds. The van der Waals surface area contributed by atoms with Crippen molar-refractivity contribution in [3.8, 4) is 0 Å². The van der Waals surface area contributed by atoms with E-state index < -0.39 is 11.7 Å². The Kier molecular flexibility index (Phi) is 5.16. The topological polar surface area (TPSA) is 24.1 Å². The fourth-order valence-corrected chi connectivity index (χ4v) is 2.19. The van der Waals surface area contributed by atoms with E-state index in [9.17, 15) is 13.2 Å². The number of benzene rings is 2. The van der Waals surface area contributed by atoms with E-state index in [0.717, 1.165) is 12.1 Å². The molecule has 0 aliphatic rings. The van der Waals surface area contributed by atoms with Crippen LogP contribution in [0.25, 0.3) is 0 Å². The van der Waals surface area contributed by atoms with Crippen LogP contribution in [-0.4, -0.2) is 5.11 Å². The van der Waals surface area contributed by atoms with Crippen molar-refractivity contribution >= 4 is 51.9 Å². The van der Waals surface area contributed by atoms with Crippen molar-refractivity contribution in [2.24, 2.45) is 0 Å². The van der Waals surface area contributed by atoms with Crippen LogP contribution in [0.3, 0.4) is 0 Å². The zero-order valence-corrected chi connectivity index (χ0v) is 13.2. The van der Waals surface area contributed by atoms with E-state index in [1.165, 1.54) is 12.1 Å². The smallest absolute Gasteiger partial charge is 0.332 e. The first-order valence-corrected chi connectivity index (χ1v) is 7.12. The predicted molar refractivity (Wildman–Crippen MR) is 87.7 cm³/mol. The normalized spacial score (nSPS) is 11.1. The van der Waals surface area contributed by atoms with Gasteiger partial charge in [-0.3, -0.25) is 0 Å². The zero-order chi connectivity index (χ0) is 16.3. The maximum absolute atomic E-state index is 12.5. The first-order valence-electron chi connectivity index (χ1n) is 5.96. The predicted octanol–water partition coefficient (Wildman–Crippen LogP) is 5.82. The summed E-state index contributed by atoms with van der Waals surface area (Å²) in [4.78, 5) is 0. The molecule has 2 aromatic carbocycles. The molecule has 0 unspecified atom stereocenters. The van der Waals surface area contributed by atoms with Gasteiger partial charge in [-0.25, -0.2) is 0 Å². The second-order valence-corrected chi connectivity index (χ2v) is 5.53. The maximum Gasteiger partial charge on any atom is 0.416 e. The molecule has 0 saturated carbocycles. The summed E-state index contributed by atoms with van der Waals surface area (Å²) in [5.74, 6) is 0. The Hall–Kier alpha value is -1.50. The lowest BCUT2D eigenvalue weighted by molar-refractivity contribution is -0.137. The highest BCUT2D eigenvalue weighted by atomic mass is 35.5. The summed E-state index contributed by atoms with van der Waals surface area (Å²) >= 11 is 16.9. The number of hydrogen-bond acceptors (Lipinski definition) is 1. The fraction of sp³-hybridized carbons (Fsp3) is 0.0714. The Morgan fingerprint density at radius 3 is 2.18 bits per heavy atom. The van der Waals surface area contributed by atoms with E-state index in [0.29, 0.717) is 21.4 Å². The van der Waals surface area contributed by atoms with Crippen molar-refractivity contribution in [1.82, 2.24) is 0 Å². The summed E-state index contributed by atoms with van der Waals surface area (Å²) in [5.41, 5.74) is 0.192. The van der Waals surface area contributed by atoms with Crippen molar-refractivity contribution in [3.05, 3.63) is 58.1 Å². The Balaban J connectivity index is 2.04. The summed E-state index contributed by atoms with van der Waals surface area (Å²) in [5, 5.41) is 6.67. The molecule has 0 aromatic heterocycles. The minimum absolute atomic E-state index is 0.184. The van der Waals surface area contributed by atoms with Gasteiger partial charge in [0.2, 0.25) is 0 Å². The molecular formula is C14H9Cl2F3N2S. The van der Waals surface area contributed by atoms with Crippen LogP contribution in [0.15, 0.2) is 42.5 Å². The van der Waals surface area contributed by atoms with Gasteiger partial charge in [-0.05, 0) is 54.7 Å². The molecule has 0 saturated heterocycles. The van der Waals surface area contributed by atoms with Gasteiger partial charge in [-0.15, -0.1) is 0 Å². The summed E-state index contributed by atoms with van der Waals surface area (Å²) in [6.07, 6.45) is -4.37. The lowest BCUT2D eigenvalue weighted by Crippen LogP contribution is -2.19. The number of hydrogen-bond donors (Lipinski definition) is 2. The van der Waals surface area contributed by atoms with E-state index in [-0.39, 0.29) is 5.11 Å². The van der Waals surface area contributed by atoms with Gasteiger partial charge in [0, 0.05) is 10.7 Å². The van der Waals surface area contributed by atoms with Gasteiger partial charge in [0.15, 0.2) is 5.11 Å². The lowest BCUT2D eigenvalue weighted by Gasteiger charge is -2.13. The van der Waals surface area contributed by atoms with Crippen LogP contribution in [0.5, 0.6) is 0 Å². The average molecular weight is 365 g/mol. The van der Waals surface area contributed by atoms with Crippen LogP contribution in [0.2, 0.25) is 10.0 Å². The Labute approximate surface area is 140 Å². The molecule has 0 aliphatic carbocycles. The molecule has 0 spiro atoms. The SMILES string of the molecule is FC(F)(F)c1ccc(NC(=S)Nc2cc(Cl)ccc2Cl)cc1. The van der Waals surface area contributed by atoms with Gasteiger partial charge >= 0.3 is 6.18 Å². The minimum atomic E-state index is -4.37. The Morgan fingerprint density at radius 2 is 1.59 bits per heavy atom. The van der Waals surface area contributed by atoms with E-state index >= 15 is 0 Å². The first kappa shape index (κ1) is 16.9. The molecule has 116 valence electrons. The second-order valence-electron chi connectivity index (χ2n) is 4.28. The number of anilines is 2. The third kappa shape index (κ3) is 4.50. The molecule has 0 aliphatic heterocycles. The highest BCUT2D eigenvalue weighted by molar-refractivity contribution is 7.80. The zero-order valence-electron chi connectivity index (χ0n) is 10.8. The first-order chi connectivity index (χ1) is 10.3. The standard InChI is InChI=1S/C14H9Cl2F3N2S/c15-9-3-6-11(16)12(7-9)21-13(22)20-10-4-1-8(2-5-10)14(17,18)19/h1-7H,(H2,20,21,22). The molecule has 0 bridgehead atoms. The Morgan fingerprint density at radius 1 is 0.955 bits per heavy atom. The van der Waals surface area contributed by atoms with Crippen LogP contribution >= 0.6 is 35.4 Å². The molecular weight excluding hydrogens is 356 g/mol. The van der Waals surface area contributed by atoms with Crippen LogP contribution in [0.4, 0.5) is 24.5 Å². The fourth-order valence-electron chi connectivity index (χ4n) is 1.62. The van der Waals surface area contributed by atoms with Gasteiger partial charge in [0.05, 0.1) is 16.3 Å². The number of thiocarbonyl (C=S) groups is 1. The van der Waals surface area contributed by atoms with Crippen LogP contribution in [-0.2, 0) is 6.18 Å². The molecule has 8 heteroatoms. The average Bonchev–Trinajstić information content (AvgIpc) is 2.42. The molecule has 0 radical (unpaired) electrons. The molecule has 0 fully saturated rings. The van der Waals surface area contributed by atoms with E-state index in [1.54, 1.807) is 18.2 Å². The van der Waals surface area contributed by atoms with Crippen molar-refractivity contribution in [2.45, 2.75) is 6.18 Å². The summed E-state index contributed by atoms with van der Waals surface area (Å²) in [6.45, 7) is 0. The van der Waals surface area contributed by atoms with Crippen LogP contribution in [0, 0.1) is 0 Å². The van der Waals surface area contributed by atoms with E-state index in [1.807, 2.05) is 0 Å². The van der Waals surface area contributed by atoms with Gasteiger partial charge < -0.3 is 10.6 Å². The number of halogens is 5. The highest BCUT2D eigenvalue weighted by Crippen LogP contribution is 2.30. The molecule has 2 nitrogen and oxygen atoms in total. The van der Waals surface area contributed by atoms with Crippen molar-refractivity contribution < 1.29 is 13.2 Å². The Bertz CT molecular complexity index is 687. The van der Waals surface area contributed by atoms with Gasteiger partial charge in [0.25, 0.3) is 0 Å². The number of rotatable bonds is 2. The molecule has 2 rings (SSSR count). The quantitative estimate of drug-likeness (QED) is 0.656. The van der Waals surface area contributed by atoms with Crippen molar-refractivity contribution in [2.75, 3.05) is 10.6 Å². The summed E-state index contributed by atoms with van der Waals surface area (Å²) in [7, 11) is 0. The number of alkyl halides is 3. The summed E-state index contributed by atoms with van der Waals surface area (Å²) < 4.78 is 37.4. The second kappa shape index (κ2) is 6.73. The molecule has 0 heterocycles. The van der Waals surface area contributed by atoms with Gasteiger partial charge in [-0.1, -0.05) is 23.2 Å². The highest BCUT2D eigenvalue weighted by Gasteiger charge is 2.29. The summed E-state index contributed by atoms with van der Waals surface area (Å²) in [6, 6.07) is 9.33. The van der Waals surface area contributed by atoms with E-state index in [4.69, 9.17) is 35.4 Å². The third-order valence-electron chi connectivity index (χ3n) is 2.65. The minimum Gasteiger partial charge on any atom is -0.332 e. The van der Waals surface area contributed by atoms with Crippen LogP contribution < -0.4 is 10.6 Å². The maximum atomic E-state index is 12.5. The molecule has 2 N–H and O–H groups in total. The molecule has 2 aromatic rings. The van der Waals surface area contributed by atoms with Crippen molar-refractivity contribution in [3.63, 3.8) is 0 Å². The lowest BCUT2D eigenvalue weighted by atomic mass is 10.2. The number of nitrogens with one attached hydrogen (secondary N) is 2. The molecule has 22 heavy (non-hydrogen) atoms. The largest absolute Gasteiger partial charge is 0.416 e. The molecule has 0 atom stereocenters. The van der Waals surface area contributed by atoms with Crippen LogP contribution in [0.1, 0.15) is 5.56 Å². The van der Waals surface area contributed by atoms with Gasteiger partial charge in [-0.2, -0.15) is 13.2 Å². The van der Waals surface area contributed by atoms with Crippen molar-refractivity contribution in [1.29, 1.82) is 0 Å².